The Balaban J connectivity index is 1.64. The monoisotopic (exact) mass is 367 g/mol. The van der Waals surface area contributed by atoms with E-state index in [0.29, 0.717) is 50.8 Å². The molecule has 0 radical (unpaired) electrons. The fourth-order valence-electron chi connectivity index (χ4n) is 3.37. The van der Waals surface area contributed by atoms with Crippen molar-refractivity contribution in [3.05, 3.63) is 24.3 Å². The van der Waals surface area contributed by atoms with E-state index in [2.05, 4.69) is 4.72 Å². The van der Waals surface area contributed by atoms with Crippen LogP contribution in [0.1, 0.15) is 12.8 Å². The van der Waals surface area contributed by atoms with Gasteiger partial charge in [0.25, 0.3) is 0 Å². The Morgan fingerprint density at radius 2 is 1.96 bits per heavy atom. The minimum absolute atomic E-state index is 0.172. The minimum atomic E-state index is -3.51. The molecule has 7 nitrogen and oxygen atoms in total. The van der Waals surface area contributed by atoms with Gasteiger partial charge < -0.3 is 14.5 Å². The average molecular weight is 367 g/mol. The maximum atomic E-state index is 12.4. The van der Waals surface area contributed by atoms with Gasteiger partial charge in [-0.15, -0.1) is 0 Å². The normalized spacial score (nSPS) is 21.6. The lowest BCUT2D eigenvalue weighted by atomic mass is 10.0. The van der Waals surface area contributed by atoms with Gasteiger partial charge >= 0.3 is 0 Å². The van der Waals surface area contributed by atoms with Gasteiger partial charge in [0, 0.05) is 45.8 Å². The van der Waals surface area contributed by atoms with Crippen LogP contribution in [-0.4, -0.2) is 65.7 Å². The Labute approximate surface area is 149 Å². The van der Waals surface area contributed by atoms with Gasteiger partial charge in [0.15, 0.2) is 0 Å². The van der Waals surface area contributed by atoms with Gasteiger partial charge in [-0.2, -0.15) is 0 Å². The summed E-state index contributed by atoms with van der Waals surface area (Å²) < 4.78 is 32.1. The van der Waals surface area contributed by atoms with Crippen LogP contribution in [0.2, 0.25) is 0 Å². The fraction of sp³-hybridized carbons (Fsp3) is 0.588. The number of carbonyl (C=O) groups is 1. The lowest BCUT2D eigenvalue weighted by molar-refractivity contribution is -0.132. The Morgan fingerprint density at radius 3 is 2.60 bits per heavy atom. The summed E-state index contributed by atoms with van der Waals surface area (Å²) in [4.78, 5) is 16.6. The lowest BCUT2D eigenvalue weighted by Crippen LogP contribution is -2.49. The molecule has 0 spiro atoms. The number of amides is 1. The van der Waals surface area contributed by atoms with Crippen molar-refractivity contribution in [3.8, 4) is 0 Å². The first-order valence-corrected chi connectivity index (χ1v) is 10.1. The number of hydrogen-bond acceptors (Lipinski definition) is 5. The molecular formula is C17H25N3O4S. The quantitative estimate of drug-likeness (QED) is 0.828. The van der Waals surface area contributed by atoms with E-state index in [0.717, 1.165) is 13.0 Å². The molecule has 0 saturated carbocycles. The molecule has 0 aromatic heterocycles. The van der Waals surface area contributed by atoms with E-state index in [1.54, 1.807) is 12.1 Å². The summed E-state index contributed by atoms with van der Waals surface area (Å²) in [5.74, 6) is 0.512. The number of piperazine rings is 1. The summed E-state index contributed by atoms with van der Waals surface area (Å²) >= 11 is 0. The molecule has 2 aliphatic rings. The number of sulfonamides is 1. The number of hydrogen-bond donors (Lipinski definition) is 1. The summed E-state index contributed by atoms with van der Waals surface area (Å²) in [6.07, 6.45) is 1.51. The fourth-order valence-corrected chi connectivity index (χ4v) is 4.32. The first-order valence-electron chi connectivity index (χ1n) is 8.64. The molecule has 1 aromatic rings. The summed E-state index contributed by atoms with van der Waals surface area (Å²) in [7, 11) is -2.10. The molecule has 25 heavy (non-hydrogen) atoms. The Kier molecular flexibility index (Phi) is 5.61. The van der Waals surface area contributed by atoms with E-state index in [1.165, 1.54) is 7.05 Å². The maximum Gasteiger partial charge on any atom is 0.242 e. The largest absolute Gasteiger partial charge is 0.381 e. The predicted molar refractivity (Wildman–Crippen MR) is 95.0 cm³/mol. The number of nitrogens with one attached hydrogen (secondary N) is 1. The molecule has 3 rings (SSSR count). The van der Waals surface area contributed by atoms with Gasteiger partial charge in [0.1, 0.15) is 4.90 Å². The first-order chi connectivity index (χ1) is 12.0. The summed E-state index contributed by atoms with van der Waals surface area (Å²) in [6, 6.07) is 6.98. The number of benzene rings is 1. The van der Waals surface area contributed by atoms with Gasteiger partial charge in [-0.05, 0) is 31.5 Å². The van der Waals surface area contributed by atoms with E-state index in [1.807, 2.05) is 21.9 Å². The van der Waals surface area contributed by atoms with Crippen LogP contribution in [0.15, 0.2) is 29.2 Å². The Morgan fingerprint density at radius 1 is 1.24 bits per heavy atom. The molecule has 2 heterocycles. The highest BCUT2D eigenvalue weighted by Gasteiger charge is 2.27. The van der Waals surface area contributed by atoms with E-state index in [9.17, 15) is 13.2 Å². The van der Waals surface area contributed by atoms with Crippen molar-refractivity contribution in [3.63, 3.8) is 0 Å². The zero-order valence-corrected chi connectivity index (χ0v) is 15.3. The van der Waals surface area contributed by atoms with Crippen LogP contribution in [0.25, 0.3) is 0 Å². The molecule has 138 valence electrons. The number of nitrogens with zero attached hydrogens (tertiary/aromatic N) is 2. The predicted octanol–water partition coefficient (Wildman–Crippen LogP) is 0.670. The van der Waals surface area contributed by atoms with E-state index in [-0.39, 0.29) is 10.8 Å². The SMILES string of the molecule is CNS(=O)(=O)c1ccccc1N1CCN(C(=O)CC2CCOC2)CC1. The minimum Gasteiger partial charge on any atom is -0.381 e. The number of ether oxygens (including phenoxy) is 1. The first kappa shape index (κ1) is 18.2. The van der Waals surface area contributed by atoms with Gasteiger partial charge in [0.05, 0.1) is 5.69 Å². The number of anilines is 1. The van der Waals surface area contributed by atoms with Crippen LogP contribution in [0, 0.1) is 5.92 Å². The van der Waals surface area contributed by atoms with Crippen LogP contribution >= 0.6 is 0 Å². The molecule has 2 saturated heterocycles. The molecule has 1 unspecified atom stereocenters. The second kappa shape index (κ2) is 7.72. The van der Waals surface area contributed by atoms with Crippen molar-refractivity contribution >= 4 is 21.6 Å². The zero-order chi connectivity index (χ0) is 17.9. The Hall–Kier alpha value is -1.64. The molecule has 1 amide bonds. The van der Waals surface area contributed by atoms with Crippen LogP contribution in [0.4, 0.5) is 5.69 Å². The van der Waals surface area contributed by atoms with Crippen molar-refractivity contribution < 1.29 is 17.9 Å². The third-order valence-electron chi connectivity index (χ3n) is 4.88. The zero-order valence-electron chi connectivity index (χ0n) is 14.5. The van der Waals surface area contributed by atoms with Crippen LogP contribution in [-0.2, 0) is 19.6 Å². The number of para-hydroxylation sites is 1. The third kappa shape index (κ3) is 4.13. The number of rotatable bonds is 5. The second-order valence-electron chi connectivity index (χ2n) is 6.48. The average Bonchev–Trinajstić information content (AvgIpc) is 3.15. The maximum absolute atomic E-state index is 12.4. The van der Waals surface area contributed by atoms with Gasteiger partial charge in [-0.25, -0.2) is 13.1 Å². The molecule has 1 aromatic carbocycles. The smallest absolute Gasteiger partial charge is 0.242 e. The van der Waals surface area contributed by atoms with Gasteiger partial charge in [-0.1, -0.05) is 12.1 Å². The summed E-state index contributed by atoms with van der Waals surface area (Å²) in [5, 5.41) is 0. The number of carbonyl (C=O) groups excluding carboxylic acids is 1. The summed E-state index contributed by atoms with van der Waals surface area (Å²) in [5.41, 5.74) is 0.688. The highest BCUT2D eigenvalue weighted by atomic mass is 32.2. The molecule has 8 heteroatoms. The molecule has 2 aliphatic heterocycles. The van der Waals surface area contributed by atoms with Crippen LogP contribution in [0.5, 0.6) is 0 Å². The lowest BCUT2D eigenvalue weighted by Gasteiger charge is -2.37. The van der Waals surface area contributed by atoms with Crippen molar-refractivity contribution in [2.45, 2.75) is 17.7 Å². The Bertz CT molecular complexity index is 708. The summed E-state index contributed by atoms with van der Waals surface area (Å²) in [6.45, 7) is 3.91. The van der Waals surface area contributed by atoms with Crippen LogP contribution < -0.4 is 9.62 Å². The van der Waals surface area contributed by atoms with Crippen molar-refractivity contribution in [1.29, 1.82) is 0 Å². The standard InChI is InChI=1S/C17H25N3O4S/c1-18-25(22,23)16-5-3-2-4-15(16)19-7-9-20(10-8-19)17(21)12-14-6-11-24-13-14/h2-5,14,18H,6-13H2,1H3. The van der Waals surface area contributed by atoms with Crippen molar-refractivity contribution in [1.82, 2.24) is 9.62 Å². The molecule has 0 bridgehead atoms. The third-order valence-corrected chi connectivity index (χ3v) is 6.35. The molecular weight excluding hydrogens is 342 g/mol. The molecule has 1 N–H and O–H groups in total. The topological polar surface area (TPSA) is 79.0 Å². The highest BCUT2D eigenvalue weighted by molar-refractivity contribution is 7.89. The van der Waals surface area contributed by atoms with Gasteiger partial charge in [0.2, 0.25) is 15.9 Å². The highest BCUT2D eigenvalue weighted by Crippen LogP contribution is 2.26. The van der Waals surface area contributed by atoms with Crippen molar-refractivity contribution in [2.24, 2.45) is 5.92 Å². The van der Waals surface area contributed by atoms with Crippen molar-refractivity contribution in [2.75, 3.05) is 51.3 Å². The van der Waals surface area contributed by atoms with E-state index < -0.39 is 10.0 Å². The van der Waals surface area contributed by atoms with Crippen LogP contribution in [0.3, 0.4) is 0 Å². The molecule has 0 aliphatic carbocycles. The van der Waals surface area contributed by atoms with E-state index >= 15 is 0 Å². The van der Waals surface area contributed by atoms with Gasteiger partial charge in [-0.3, -0.25) is 4.79 Å². The molecule has 1 atom stereocenters. The molecule has 2 fully saturated rings. The second-order valence-corrected chi connectivity index (χ2v) is 8.33. The van der Waals surface area contributed by atoms with E-state index in [4.69, 9.17) is 4.74 Å².